The van der Waals surface area contributed by atoms with Crippen LogP contribution in [0.5, 0.6) is 0 Å². The number of ether oxygens (including phenoxy) is 3. The zero-order chi connectivity index (χ0) is 12.8. The number of fused-ring (bicyclic) bond motifs is 1. The van der Waals surface area contributed by atoms with Crippen LogP contribution in [0.2, 0.25) is 0 Å². The lowest BCUT2D eigenvalue weighted by Crippen LogP contribution is -2.41. The Bertz CT molecular complexity index is 337. The highest BCUT2D eigenvalue weighted by molar-refractivity contribution is 5.78. The lowest BCUT2D eigenvalue weighted by atomic mass is 9.94. The first-order chi connectivity index (χ1) is 8.65. The highest BCUT2D eigenvalue weighted by atomic mass is 16.8. The molecule has 0 amide bonds. The van der Waals surface area contributed by atoms with Crippen LogP contribution in [-0.2, 0) is 19.0 Å². The van der Waals surface area contributed by atoms with Gasteiger partial charge in [-0.15, -0.1) is 0 Å². The molecule has 1 spiro atoms. The largest absolute Gasteiger partial charge is 0.455 e. The van der Waals surface area contributed by atoms with E-state index in [1.54, 1.807) is 0 Å². The van der Waals surface area contributed by atoms with Crippen LogP contribution in [0, 0.1) is 0 Å². The molecule has 18 heavy (non-hydrogen) atoms. The van der Waals surface area contributed by atoms with E-state index in [0.717, 1.165) is 32.1 Å². The Labute approximate surface area is 105 Å². The molecular weight excluding hydrogens is 240 g/mol. The standard InChI is InChI=1S/C12H18O6/c13-6-7(14)8-9-10(11(15)16-8)18-12(17-9)4-2-1-3-5-12/h7-10,13-14H,1-6H2/t7-,8-,9+,10+/m1/s1. The fraction of sp³-hybridized carbons (Fsp3) is 0.917. The van der Waals surface area contributed by atoms with Gasteiger partial charge in [0, 0.05) is 12.8 Å². The molecule has 3 fully saturated rings. The summed E-state index contributed by atoms with van der Waals surface area (Å²) < 4.78 is 16.7. The fourth-order valence-electron chi connectivity index (χ4n) is 3.05. The van der Waals surface area contributed by atoms with Gasteiger partial charge in [-0.3, -0.25) is 0 Å². The number of cyclic esters (lactones) is 1. The molecule has 2 heterocycles. The molecule has 0 aromatic rings. The molecule has 1 saturated carbocycles. The summed E-state index contributed by atoms with van der Waals surface area (Å²) in [5.41, 5.74) is 0. The Kier molecular flexibility index (Phi) is 3.05. The van der Waals surface area contributed by atoms with Gasteiger partial charge in [-0.1, -0.05) is 6.42 Å². The van der Waals surface area contributed by atoms with E-state index in [1.807, 2.05) is 0 Å². The van der Waals surface area contributed by atoms with Crippen LogP contribution in [0.3, 0.4) is 0 Å². The average molecular weight is 258 g/mol. The first-order valence-corrected chi connectivity index (χ1v) is 6.50. The minimum Gasteiger partial charge on any atom is -0.455 e. The molecule has 0 aromatic heterocycles. The second-order valence-electron chi connectivity index (χ2n) is 5.24. The lowest BCUT2D eigenvalue weighted by molar-refractivity contribution is -0.222. The van der Waals surface area contributed by atoms with Gasteiger partial charge in [0.1, 0.15) is 12.2 Å². The molecule has 0 radical (unpaired) electrons. The summed E-state index contributed by atoms with van der Waals surface area (Å²) in [5, 5.41) is 18.6. The van der Waals surface area contributed by atoms with Crippen molar-refractivity contribution >= 4 is 5.97 Å². The zero-order valence-electron chi connectivity index (χ0n) is 10.1. The SMILES string of the molecule is O=C1O[C@H]([C@H](O)CO)[C@@H]2OC3(CCCCC3)O[C@H]12. The second-order valence-corrected chi connectivity index (χ2v) is 5.24. The van der Waals surface area contributed by atoms with Crippen molar-refractivity contribution in [2.45, 2.75) is 62.3 Å². The normalized spacial score (nSPS) is 39.7. The molecule has 3 aliphatic rings. The predicted octanol–water partition coefficient (Wildman–Crippen LogP) is -0.291. The Hall–Kier alpha value is -0.690. The van der Waals surface area contributed by atoms with E-state index in [1.165, 1.54) is 0 Å². The minimum absolute atomic E-state index is 0.461. The first-order valence-electron chi connectivity index (χ1n) is 6.50. The van der Waals surface area contributed by atoms with Crippen molar-refractivity contribution in [3.8, 4) is 0 Å². The predicted molar refractivity (Wildman–Crippen MR) is 58.5 cm³/mol. The van der Waals surface area contributed by atoms with E-state index >= 15 is 0 Å². The quantitative estimate of drug-likeness (QED) is 0.662. The number of hydrogen-bond acceptors (Lipinski definition) is 6. The molecule has 0 bridgehead atoms. The smallest absolute Gasteiger partial charge is 0.338 e. The van der Waals surface area contributed by atoms with Crippen LogP contribution in [0.25, 0.3) is 0 Å². The van der Waals surface area contributed by atoms with Crippen LogP contribution in [0.1, 0.15) is 32.1 Å². The second kappa shape index (κ2) is 4.45. The number of aliphatic hydroxyl groups is 2. The highest BCUT2D eigenvalue weighted by Gasteiger charge is 2.60. The van der Waals surface area contributed by atoms with Gasteiger partial charge in [-0.25, -0.2) is 4.79 Å². The van der Waals surface area contributed by atoms with E-state index in [4.69, 9.17) is 19.3 Å². The van der Waals surface area contributed by atoms with Gasteiger partial charge in [0.15, 0.2) is 18.0 Å². The van der Waals surface area contributed by atoms with Crippen molar-refractivity contribution in [1.82, 2.24) is 0 Å². The van der Waals surface area contributed by atoms with Crippen molar-refractivity contribution in [1.29, 1.82) is 0 Å². The van der Waals surface area contributed by atoms with Gasteiger partial charge in [-0.2, -0.15) is 0 Å². The monoisotopic (exact) mass is 258 g/mol. The maximum absolute atomic E-state index is 11.7. The summed E-state index contributed by atoms with van der Waals surface area (Å²) in [5.74, 6) is -1.18. The number of esters is 1. The molecule has 6 heteroatoms. The topological polar surface area (TPSA) is 85.2 Å². The van der Waals surface area contributed by atoms with E-state index in [0.29, 0.717) is 0 Å². The third-order valence-electron chi connectivity index (χ3n) is 3.98. The number of carbonyl (C=O) groups is 1. The van der Waals surface area contributed by atoms with Crippen molar-refractivity contribution in [2.75, 3.05) is 6.61 Å². The third-order valence-corrected chi connectivity index (χ3v) is 3.98. The molecular formula is C12H18O6. The molecule has 2 aliphatic heterocycles. The Morgan fingerprint density at radius 2 is 2.00 bits per heavy atom. The Balaban J connectivity index is 1.77. The van der Waals surface area contributed by atoms with Crippen LogP contribution < -0.4 is 0 Å². The van der Waals surface area contributed by atoms with E-state index < -0.39 is 42.8 Å². The Morgan fingerprint density at radius 3 is 2.67 bits per heavy atom. The van der Waals surface area contributed by atoms with Gasteiger partial charge in [0.25, 0.3) is 0 Å². The first kappa shape index (κ1) is 12.3. The van der Waals surface area contributed by atoms with Crippen LogP contribution in [-0.4, -0.2) is 53.0 Å². The van der Waals surface area contributed by atoms with E-state index in [2.05, 4.69) is 0 Å². The summed E-state index contributed by atoms with van der Waals surface area (Å²) in [6, 6.07) is 0. The zero-order valence-corrected chi connectivity index (χ0v) is 10.1. The third kappa shape index (κ3) is 1.84. The van der Waals surface area contributed by atoms with Crippen molar-refractivity contribution in [3.05, 3.63) is 0 Å². The van der Waals surface area contributed by atoms with Crippen molar-refractivity contribution in [2.24, 2.45) is 0 Å². The van der Waals surface area contributed by atoms with Gasteiger partial charge in [-0.05, 0) is 12.8 Å². The maximum atomic E-state index is 11.7. The number of rotatable bonds is 2. The molecule has 2 N–H and O–H groups in total. The Morgan fingerprint density at radius 1 is 1.28 bits per heavy atom. The average Bonchev–Trinajstić information content (AvgIpc) is 2.87. The summed E-state index contributed by atoms with van der Waals surface area (Å²) >= 11 is 0. The van der Waals surface area contributed by atoms with Gasteiger partial charge in [0.05, 0.1) is 6.61 Å². The summed E-state index contributed by atoms with van der Waals surface area (Å²) in [4.78, 5) is 11.7. The number of hydrogen-bond donors (Lipinski definition) is 2. The molecule has 102 valence electrons. The van der Waals surface area contributed by atoms with E-state index in [-0.39, 0.29) is 0 Å². The minimum atomic E-state index is -1.12. The van der Waals surface area contributed by atoms with Crippen LogP contribution >= 0.6 is 0 Å². The van der Waals surface area contributed by atoms with Gasteiger partial charge >= 0.3 is 5.97 Å². The van der Waals surface area contributed by atoms with Gasteiger partial charge < -0.3 is 24.4 Å². The van der Waals surface area contributed by atoms with E-state index in [9.17, 15) is 9.90 Å². The van der Waals surface area contributed by atoms with Gasteiger partial charge in [0.2, 0.25) is 0 Å². The number of aliphatic hydroxyl groups excluding tert-OH is 2. The maximum Gasteiger partial charge on any atom is 0.338 e. The highest BCUT2D eigenvalue weighted by Crippen LogP contribution is 2.44. The van der Waals surface area contributed by atoms with Crippen molar-refractivity contribution < 1.29 is 29.2 Å². The molecule has 0 unspecified atom stereocenters. The van der Waals surface area contributed by atoms with Crippen molar-refractivity contribution in [3.63, 3.8) is 0 Å². The lowest BCUT2D eigenvalue weighted by Gasteiger charge is -2.33. The molecule has 2 saturated heterocycles. The summed E-state index contributed by atoms with van der Waals surface area (Å²) in [6.07, 6.45) is 1.43. The molecule has 0 aromatic carbocycles. The molecule has 6 nitrogen and oxygen atoms in total. The molecule has 1 aliphatic carbocycles. The molecule has 4 atom stereocenters. The summed E-state index contributed by atoms with van der Waals surface area (Å²) in [7, 11) is 0. The molecule has 3 rings (SSSR count). The summed E-state index contributed by atoms with van der Waals surface area (Å²) in [6.45, 7) is -0.461. The van der Waals surface area contributed by atoms with Crippen LogP contribution in [0.15, 0.2) is 0 Å². The fourth-order valence-corrected chi connectivity index (χ4v) is 3.05. The number of carbonyl (C=O) groups excluding carboxylic acids is 1. The van der Waals surface area contributed by atoms with Crippen LogP contribution in [0.4, 0.5) is 0 Å².